The molecular weight excluding hydrogens is 441 g/mol. The monoisotopic (exact) mass is 464 g/mol. The maximum atomic E-state index is 12.9. The lowest BCUT2D eigenvalue weighted by atomic mass is 9.88. The SMILES string of the molecule is COc1cc2nc(CCC(C)(C)C(=O)O)n(C)c2cc1NC(=O)c1cccc(C(F)(F)F)n1. The van der Waals surface area contributed by atoms with Crippen molar-refractivity contribution in [2.75, 3.05) is 12.4 Å². The molecule has 3 rings (SSSR count). The quantitative estimate of drug-likeness (QED) is 0.540. The molecule has 0 saturated heterocycles. The second kappa shape index (κ2) is 8.72. The number of carboxylic acids is 1. The van der Waals surface area contributed by atoms with Crippen LogP contribution in [0.25, 0.3) is 11.0 Å². The number of rotatable bonds is 7. The van der Waals surface area contributed by atoms with Crippen molar-refractivity contribution in [1.82, 2.24) is 14.5 Å². The highest BCUT2D eigenvalue weighted by atomic mass is 19.4. The van der Waals surface area contributed by atoms with Gasteiger partial charge in [0.05, 0.1) is 29.2 Å². The molecule has 0 aliphatic rings. The van der Waals surface area contributed by atoms with Crippen LogP contribution in [0.4, 0.5) is 18.9 Å². The van der Waals surface area contributed by atoms with E-state index in [0.29, 0.717) is 29.7 Å². The number of aromatic nitrogens is 3. The first-order valence-corrected chi connectivity index (χ1v) is 9.96. The maximum Gasteiger partial charge on any atom is 0.433 e. The lowest BCUT2D eigenvalue weighted by molar-refractivity contribution is -0.147. The summed E-state index contributed by atoms with van der Waals surface area (Å²) in [5.41, 5.74) is -1.06. The summed E-state index contributed by atoms with van der Waals surface area (Å²) in [4.78, 5) is 31.9. The number of hydrogen-bond acceptors (Lipinski definition) is 5. The largest absolute Gasteiger partial charge is 0.494 e. The standard InChI is InChI=1S/C22H23F3N4O4/c1-21(2,20(31)32)9-8-18-27-13-11-16(33-4)14(10-15(13)29(18)3)28-19(30)12-6-5-7-17(26-12)22(23,24)25/h5-7,10-11H,8-9H2,1-4H3,(H,28,30)(H,31,32). The second-order valence-corrected chi connectivity index (χ2v) is 8.18. The van der Waals surface area contributed by atoms with E-state index in [1.807, 2.05) is 0 Å². The molecule has 2 heterocycles. The fourth-order valence-electron chi connectivity index (χ4n) is 3.20. The van der Waals surface area contributed by atoms with Gasteiger partial charge in [-0.2, -0.15) is 13.2 Å². The highest BCUT2D eigenvalue weighted by Gasteiger charge is 2.33. The number of carboxylic acid groups (broad SMARTS) is 1. The number of imidazole rings is 1. The summed E-state index contributed by atoms with van der Waals surface area (Å²) in [6, 6.07) is 6.26. The predicted molar refractivity (Wildman–Crippen MR) is 114 cm³/mol. The van der Waals surface area contributed by atoms with E-state index in [2.05, 4.69) is 15.3 Å². The molecule has 0 saturated carbocycles. The summed E-state index contributed by atoms with van der Waals surface area (Å²) in [5, 5.41) is 11.9. The number of aryl methyl sites for hydroxylation is 2. The van der Waals surface area contributed by atoms with Crippen LogP contribution in [-0.4, -0.2) is 38.6 Å². The molecule has 2 N–H and O–H groups in total. The lowest BCUT2D eigenvalue weighted by Crippen LogP contribution is -2.24. The molecule has 0 unspecified atom stereocenters. The highest BCUT2D eigenvalue weighted by Crippen LogP contribution is 2.32. The van der Waals surface area contributed by atoms with E-state index in [4.69, 9.17) is 4.74 Å². The van der Waals surface area contributed by atoms with Gasteiger partial charge in [0.25, 0.3) is 5.91 Å². The van der Waals surface area contributed by atoms with Gasteiger partial charge < -0.3 is 19.7 Å². The molecule has 0 atom stereocenters. The van der Waals surface area contributed by atoms with E-state index in [9.17, 15) is 27.9 Å². The van der Waals surface area contributed by atoms with Crippen LogP contribution in [0.1, 0.15) is 42.3 Å². The Bertz CT molecular complexity index is 1220. The van der Waals surface area contributed by atoms with E-state index in [0.717, 1.165) is 12.1 Å². The van der Waals surface area contributed by atoms with Crippen LogP contribution in [0.3, 0.4) is 0 Å². The normalized spacial score (nSPS) is 12.1. The summed E-state index contributed by atoms with van der Waals surface area (Å²) in [6.07, 6.45) is -3.91. The number of alkyl halides is 3. The number of halogens is 3. The van der Waals surface area contributed by atoms with Gasteiger partial charge in [0.15, 0.2) is 0 Å². The number of fused-ring (bicyclic) bond motifs is 1. The van der Waals surface area contributed by atoms with Gasteiger partial charge in [0.1, 0.15) is 23.0 Å². The van der Waals surface area contributed by atoms with E-state index in [1.165, 1.54) is 13.2 Å². The number of nitrogens with zero attached hydrogens (tertiary/aromatic N) is 3. The Hall–Kier alpha value is -3.63. The molecule has 0 aliphatic carbocycles. The molecule has 1 amide bonds. The smallest absolute Gasteiger partial charge is 0.433 e. The Morgan fingerprint density at radius 2 is 1.88 bits per heavy atom. The second-order valence-electron chi connectivity index (χ2n) is 8.18. The Balaban J connectivity index is 1.91. The molecule has 0 bridgehead atoms. The van der Waals surface area contributed by atoms with Crippen molar-refractivity contribution in [3.8, 4) is 5.75 Å². The molecule has 33 heavy (non-hydrogen) atoms. The van der Waals surface area contributed by atoms with Crippen LogP contribution in [0.5, 0.6) is 5.75 Å². The van der Waals surface area contributed by atoms with Gasteiger partial charge in [0.2, 0.25) is 0 Å². The van der Waals surface area contributed by atoms with E-state index in [1.54, 1.807) is 37.6 Å². The number of pyridine rings is 1. The number of aliphatic carboxylic acids is 1. The summed E-state index contributed by atoms with van der Waals surface area (Å²) >= 11 is 0. The number of hydrogen-bond donors (Lipinski definition) is 2. The number of nitrogens with one attached hydrogen (secondary N) is 1. The van der Waals surface area contributed by atoms with Crippen LogP contribution in [0.2, 0.25) is 0 Å². The van der Waals surface area contributed by atoms with Gasteiger partial charge >= 0.3 is 12.1 Å². The van der Waals surface area contributed by atoms with Crippen LogP contribution in [0, 0.1) is 5.41 Å². The van der Waals surface area contributed by atoms with Crippen molar-refractivity contribution in [3.63, 3.8) is 0 Å². The molecule has 8 nitrogen and oxygen atoms in total. The molecular formula is C22H23F3N4O4. The summed E-state index contributed by atoms with van der Waals surface area (Å²) in [7, 11) is 3.14. The van der Waals surface area contributed by atoms with Gasteiger partial charge in [-0.15, -0.1) is 0 Å². The summed E-state index contributed by atoms with van der Waals surface area (Å²) in [6.45, 7) is 3.27. The maximum absolute atomic E-state index is 12.9. The van der Waals surface area contributed by atoms with Crippen molar-refractivity contribution in [3.05, 3.63) is 47.5 Å². The minimum Gasteiger partial charge on any atom is -0.494 e. The minimum atomic E-state index is -4.67. The molecule has 0 radical (unpaired) electrons. The number of amides is 1. The first-order valence-electron chi connectivity index (χ1n) is 9.96. The van der Waals surface area contributed by atoms with Crippen LogP contribution in [-0.2, 0) is 24.4 Å². The zero-order valence-corrected chi connectivity index (χ0v) is 18.4. The number of carbonyl (C=O) groups is 2. The first-order chi connectivity index (χ1) is 15.3. The number of carbonyl (C=O) groups excluding carboxylic acids is 1. The zero-order valence-electron chi connectivity index (χ0n) is 18.4. The van der Waals surface area contributed by atoms with Gasteiger partial charge in [-0.1, -0.05) is 6.07 Å². The van der Waals surface area contributed by atoms with Gasteiger partial charge in [-0.25, -0.2) is 9.97 Å². The topological polar surface area (TPSA) is 106 Å². The highest BCUT2D eigenvalue weighted by molar-refractivity contribution is 6.04. The molecule has 176 valence electrons. The van der Waals surface area contributed by atoms with Crippen LogP contribution < -0.4 is 10.1 Å². The van der Waals surface area contributed by atoms with Gasteiger partial charge in [0, 0.05) is 19.5 Å². The third-order valence-electron chi connectivity index (χ3n) is 5.37. The van der Waals surface area contributed by atoms with Crippen molar-refractivity contribution < 1.29 is 32.6 Å². The Morgan fingerprint density at radius 3 is 2.48 bits per heavy atom. The van der Waals surface area contributed by atoms with E-state index >= 15 is 0 Å². The van der Waals surface area contributed by atoms with E-state index < -0.39 is 34.9 Å². The van der Waals surface area contributed by atoms with Gasteiger partial charge in [-0.3, -0.25) is 9.59 Å². The molecule has 0 fully saturated rings. The fourth-order valence-corrected chi connectivity index (χ4v) is 3.20. The van der Waals surface area contributed by atoms with Crippen molar-refractivity contribution in [2.24, 2.45) is 12.5 Å². The Kier molecular flexibility index (Phi) is 6.35. The van der Waals surface area contributed by atoms with Crippen molar-refractivity contribution >= 4 is 28.6 Å². The average molecular weight is 464 g/mol. The number of anilines is 1. The minimum absolute atomic E-state index is 0.231. The first kappa shape index (κ1) is 24.0. The Labute approximate surface area is 187 Å². The number of ether oxygens (including phenoxy) is 1. The van der Waals surface area contributed by atoms with E-state index in [-0.39, 0.29) is 11.4 Å². The average Bonchev–Trinajstić information content (AvgIpc) is 3.06. The van der Waals surface area contributed by atoms with Gasteiger partial charge in [-0.05, 0) is 38.5 Å². The summed E-state index contributed by atoms with van der Waals surface area (Å²) in [5.74, 6) is -0.830. The van der Waals surface area contributed by atoms with Crippen molar-refractivity contribution in [1.29, 1.82) is 0 Å². The predicted octanol–water partition coefficient (Wildman–Crippen LogP) is 4.29. The molecule has 0 spiro atoms. The Morgan fingerprint density at radius 1 is 1.18 bits per heavy atom. The number of methoxy groups -OCH3 is 1. The molecule has 1 aromatic carbocycles. The molecule has 3 aromatic rings. The molecule has 2 aromatic heterocycles. The summed E-state index contributed by atoms with van der Waals surface area (Å²) < 4.78 is 45.9. The lowest BCUT2D eigenvalue weighted by Gasteiger charge is -2.18. The third-order valence-corrected chi connectivity index (χ3v) is 5.37. The molecule has 0 aliphatic heterocycles. The fraction of sp³-hybridized carbons (Fsp3) is 0.364. The third kappa shape index (κ3) is 5.07. The molecule has 11 heteroatoms. The van der Waals surface area contributed by atoms with Crippen LogP contribution >= 0.6 is 0 Å². The van der Waals surface area contributed by atoms with Crippen molar-refractivity contribution in [2.45, 2.75) is 32.9 Å². The van der Waals surface area contributed by atoms with Crippen LogP contribution in [0.15, 0.2) is 30.3 Å². The number of benzene rings is 1. The zero-order chi connectivity index (χ0) is 24.6.